The van der Waals surface area contributed by atoms with Gasteiger partial charge in [0.1, 0.15) is 5.76 Å². The summed E-state index contributed by atoms with van der Waals surface area (Å²) in [6, 6.07) is 3.64. The Kier molecular flexibility index (Phi) is 5.05. The molecule has 5 nitrogen and oxygen atoms in total. The fraction of sp³-hybridized carbons (Fsp3) is 0.231. The Labute approximate surface area is 109 Å². The van der Waals surface area contributed by atoms with Crippen molar-refractivity contribution in [3.63, 3.8) is 0 Å². The molecule has 1 rings (SSSR count). The van der Waals surface area contributed by atoms with Crippen LogP contribution in [0.1, 0.15) is 12.5 Å². The molecule has 0 fully saturated rings. The van der Waals surface area contributed by atoms with Crippen LogP contribution < -0.4 is 4.74 Å². The first-order chi connectivity index (χ1) is 8.99. The zero-order chi connectivity index (χ0) is 14.4. The summed E-state index contributed by atoms with van der Waals surface area (Å²) < 4.78 is 22.6. The van der Waals surface area contributed by atoms with Gasteiger partial charge in [0.25, 0.3) is 5.78 Å². The average Bonchev–Trinajstić information content (AvgIpc) is 2.38. The number of carbonyl (C=O) groups excluding carboxylic acids is 2. The van der Waals surface area contributed by atoms with Crippen LogP contribution in [0.15, 0.2) is 24.3 Å². The molecule has 0 atom stereocenters. The highest BCUT2D eigenvalue weighted by atomic mass is 19.1. The third-order valence-corrected chi connectivity index (χ3v) is 2.19. The van der Waals surface area contributed by atoms with E-state index in [0.717, 1.165) is 6.07 Å². The van der Waals surface area contributed by atoms with Crippen molar-refractivity contribution in [3.8, 4) is 5.75 Å². The second-order valence-corrected chi connectivity index (χ2v) is 3.46. The predicted octanol–water partition coefficient (Wildman–Crippen LogP) is 1.87. The molecule has 1 aromatic rings. The van der Waals surface area contributed by atoms with Gasteiger partial charge in [-0.3, -0.25) is 4.79 Å². The summed E-state index contributed by atoms with van der Waals surface area (Å²) in [6.07, 6.45) is 0.680. The molecule has 0 saturated carbocycles. The van der Waals surface area contributed by atoms with E-state index in [1.807, 2.05) is 0 Å². The Morgan fingerprint density at radius 2 is 2.11 bits per heavy atom. The smallest absolute Gasteiger partial charge is 0.379 e. The van der Waals surface area contributed by atoms with Gasteiger partial charge < -0.3 is 14.6 Å². The topological polar surface area (TPSA) is 72.8 Å². The van der Waals surface area contributed by atoms with Gasteiger partial charge in [-0.15, -0.1) is 0 Å². The highest BCUT2D eigenvalue weighted by molar-refractivity contribution is 6.39. The number of ether oxygens (including phenoxy) is 2. The van der Waals surface area contributed by atoms with Crippen molar-refractivity contribution in [2.45, 2.75) is 6.92 Å². The van der Waals surface area contributed by atoms with Gasteiger partial charge in [-0.25, -0.2) is 9.18 Å². The molecule has 0 amide bonds. The van der Waals surface area contributed by atoms with Crippen LogP contribution in [0.25, 0.3) is 5.76 Å². The first-order valence-electron chi connectivity index (χ1n) is 5.45. The quantitative estimate of drug-likeness (QED) is 0.382. The Morgan fingerprint density at radius 3 is 2.63 bits per heavy atom. The van der Waals surface area contributed by atoms with Crippen molar-refractivity contribution in [1.29, 1.82) is 0 Å². The highest BCUT2D eigenvalue weighted by Crippen LogP contribution is 2.21. The molecule has 1 N–H and O–H groups in total. The number of halogens is 1. The first-order valence-corrected chi connectivity index (χ1v) is 5.45. The number of hydrogen-bond donors (Lipinski definition) is 1. The Balaban J connectivity index is 2.93. The SMILES string of the molecule is CCOC(=O)C(=O)C=C(O)c1ccc(OC)c(F)c1. The molecule has 0 aliphatic carbocycles. The summed E-state index contributed by atoms with van der Waals surface area (Å²) in [6.45, 7) is 1.60. The van der Waals surface area contributed by atoms with Gasteiger partial charge >= 0.3 is 5.97 Å². The van der Waals surface area contributed by atoms with E-state index in [2.05, 4.69) is 4.74 Å². The summed E-state index contributed by atoms with van der Waals surface area (Å²) >= 11 is 0. The maximum absolute atomic E-state index is 13.4. The number of aliphatic hydroxyl groups is 1. The van der Waals surface area contributed by atoms with Crippen molar-refractivity contribution >= 4 is 17.5 Å². The molecule has 19 heavy (non-hydrogen) atoms. The molecular formula is C13H13FO5. The summed E-state index contributed by atoms with van der Waals surface area (Å²) in [5.74, 6) is -3.31. The number of methoxy groups -OCH3 is 1. The van der Waals surface area contributed by atoms with Crippen molar-refractivity contribution in [2.24, 2.45) is 0 Å². The van der Waals surface area contributed by atoms with E-state index in [1.165, 1.54) is 19.2 Å². The zero-order valence-corrected chi connectivity index (χ0v) is 10.5. The number of rotatable bonds is 5. The lowest BCUT2D eigenvalue weighted by atomic mass is 10.1. The second-order valence-electron chi connectivity index (χ2n) is 3.46. The van der Waals surface area contributed by atoms with Gasteiger partial charge in [0.2, 0.25) is 0 Å². The minimum Gasteiger partial charge on any atom is -0.507 e. The summed E-state index contributed by atoms with van der Waals surface area (Å²) in [5.41, 5.74) is 0.0518. The van der Waals surface area contributed by atoms with Crippen LogP contribution in [-0.4, -0.2) is 30.6 Å². The third-order valence-electron chi connectivity index (χ3n) is 2.19. The normalized spacial score (nSPS) is 11.0. The molecule has 0 aromatic heterocycles. The minimum absolute atomic E-state index is 0.00766. The Bertz CT molecular complexity index is 522. The molecule has 102 valence electrons. The van der Waals surface area contributed by atoms with Crippen LogP contribution in [-0.2, 0) is 14.3 Å². The van der Waals surface area contributed by atoms with Crippen LogP contribution in [0, 0.1) is 5.82 Å². The summed E-state index contributed by atoms with van der Waals surface area (Å²) in [4.78, 5) is 22.4. The lowest BCUT2D eigenvalue weighted by Crippen LogP contribution is -2.15. The zero-order valence-electron chi connectivity index (χ0n) is 10.5. The Hall–Kier alpha value is -2.37. The predicted molar refractivity (Wildman–Crippen MR) is 65.2 cm³/mol. The van der Waals surface area contributed by atoms with Gasteiger partial charge in [0.05, 0.1) is 13.7 Å². The largest absolute Gasteiger partial charge is 0.507 e. The molecule has 0 aliphatic rings. The maximum Gasteiger partial charge on any atom is 0.379 e. The van der Waals surface area contributed by atoms with Crippen LogP contribution in [0.5, 0.6) is 5.75 Å². The number of benzene rings is 1. The monoisotopic (exact) mass is 268 g/mol. The van der Waals surface area contributed by atoms with Gasteiger partial charge in [-0.1, -0.05) is 0 Å². The lowest BCUT2D eigenvalue weighted by molar-refractivity contribution is -0.151. The molecule has 1 aromatic carbocycles. The van der Waals surface area contributed by atoms with E-state index < -0.39 is 23.3 Å². The van der Waals surface area contributed by atoms with E-state index in [1.54, 1.807) is 6.92 Å². The molecule has 0 unspecified atom stereocenters. The molecule has 0 spiro atoms. The molecule has 6 heteroatoms. The van der Waals surface area contributed by atoms with Crippen molar-refractivity contribution < 1.29 is 28.6 Å². The molecular weight excluding hydrogens is 255 g/mol. The van der Waals surface area contributed by atoms with Crippen LogP contribution in [0.2, 0.25) is 0 Å². The van der Waals surface area contributed by atoms with Gasteiger partial charge in [-0.05, 0) is 25.1 Å². The van der Waals surface area contributed by atoms with E-state index in [9.17, 15) is 19.1 Å². The molecule has 0 radical (unpaired) electrons. The fourth-order valence-electron chi connectivity index (χ4n) is 1.29. The first kappa shape index (κ1) is 14.7. The van der Waals surface area contributed by atoms with Crippen molar-refractivity contribution in [3.05, 3.63) is 35.7 Å². The van der Waals surface area contributed by atoms with E-state index in [4.69, 9.17) is 4.74 Å². The van der Waals surface area contributed by atoms with Crippen molar-refractivity contribution in [1.82, 2.24) is 0 Å². The number of hydrogen-bond acceptors (Lipinski definition) is 5. The second kappa shape index (κ2) is 6.53. The number of aliphatic hydroxyl groups excluding tert-OH is 1. The molecule has 0 saturated heterocycles. The molecule has 0 aliphatic heterocycles. The van der Waals surface area contributed by atoms with Gasteiger partial charge in [0, 0.05) is 11.6 Å². The lowest BCUT2D eigenvalue weighted by Gasteiger charge is -2.04. The van der Waals surface area contributed by atoms with E-state index in [-0.39, 0.29) is 17.9 Å². The fourth-order valence-corrected chi connectivity index (χ4v) is 1.29. The molecule has 0 heterocycles. The number of carbonyl (C=O) groups is 2. The Morgan fingerprint density at radius 1 is 1.42 bits per heavy atom. The number of ketones is 1. The maximum atomic E-state index is 13.4. The van der Waals surface area contributed by atoms with Crippen LogP contribution >= 0.6 is 0 Å². The third kappa shape index (κ3) is 3.80. The van der Waals surface area contributed by atoms with Gasteiger partial charge in [-0.2, -0.15) is 0 Å². The summed E-state index contributed by atoms with van der Waals surface area (Å²) in [5, 5.41) is 9.62. The van der Waals surface area contributed by atoms with E-state index in [0.29, 0.717) is 6.08 Å². The van der Waals surface area contributed by atoms with Crippen LogP contribution in [0.4, 0.5) is 4.39 Å². The standard InChI is InChI=1S/C13H13FO5/c1-3-19-13(17)11(16)7-10(15)8-4-5-12(18-2)9(14)6-8/h4-7,15H,3H2,1-2H3. The molecule has 0 bridgehead atoms. The highest BCUT2D eigenvalue weighted by Gasteiger charge is 2.14. The minimum atomic E-state index is -1.08. The van der Waals surface area contributed by atoms with E-state index >= 15 is 0 Å². The average molecular weight is 268 g/mol. The van der Waals surface area contributed by atoms with Gasteiger partial charge in [0.15, 0.2) is 11.6 Å². The summed E-state index contributed by atoms with van der Waals surface area (Å²) in [7, 11) is 1.30. The van der Waals surface area contributed by atoms with Crippen molar-refractivity contribution in [2.75, 3.05) is 13.7 Å². The number of esters is 1. The van der Waals surface area contributed by atoms with Crippen LogP contribution in [0.3, 0.4) is 0 Å².